The number of carbonyl (C=O) groups excluding carboxylic acids is 1. The maximum atomic E-state index is 12.0. The smallest absolute Gasteiger partial charge is 0.230 e. The summed E-state index contributed by atoms with van der Waals surface area (Å²) in [6.45, 7) is 5.35. The van der Waals surface area contributed by atoms with Crippen LogP contribution in [0.1, 0.15) is 22.3 Å². The molecule has 1 aromatic heterocycles. The third kappa shape index (κ3) is 6.39. The van der Waals surface area contributed by atoms with Crippen LogP contribution in [0, 0.1) is 13.8 Å². The van der Waals surface area contributed by atoms with Crippen molar-refractivity contribution >= 4 is 23.5 Å². The first-order chi connectivity index (χ1) is 13.6. The molecule has 6 heteroatoms. The molecule has 0 aliphatic heterocycles. The molecule has 0 unspecified atom stereocenters. The fraction of sp³-hybridized carbons (Fsp3) is 0.227. The van der Waals surface area contributed by atoms with Crippen molar-refractivity contribution in [1.82, 2.24) is 15.5 Å². The quantitative estimate of drug-likeness (QED) is 0.565. The molecule has 2 N–H and O–H groups in total. The minimum absolute atomic E-state index is 0.0195. The number of anilines is 1. The van der Waals surface area contributed by atoms with Gasteiger partial charge in [0.15, 0.2) is 0 Å². The molecule has 0 aliphatic carbocycles. The Balaban J connectivity index is 1.40. The molecule has 0 aliphatic rings. The molecule has 3 aromatic rings. The standard InChI is InChI=1S/C22H24N4OS/c1-16-3-7-18(8-4-16)13-23-20-11-12-22(26-25-20)28-15-21(27)24-14-19-9-5-17(2)6-10-19/h3-12H,13-15H2,1-2H3,(H,23,25)(H,24,27). The highest BCUT2D eigenvalue weighted by atomic mass is 32.2. The Morgan fingerprint density at radius 3 is 2.00 bits per heavy atom. The van der Waals surface area contributed by atoms with Crippen molar-refractivity contribution in [3.05, 3.63) is 82.9 Å². The summed E-state index contributed by atoms with van der Waals surface area (Å²) in [4.78, 5) is 12.0. The van der Waals surface area contributed by atoms with Crippen LogP contribution in [-0.4, -0.2) is 21.9 Å². The Bertz CT molecular complexity index is 893. The number of hydrogen-bond acceptors (Lipinski definition) is 5. The first-order valence-corrected chi connectivity index (χ1v) is 10.2. The summed E-state index contributed by atoms with van der Waals surface area (Å²) in [5, 5.41) is 15.3. The predicted octanol–water partition coefficient (Wildman–Crippen LogP) is 4.11. The molecule has 28 heavy (non-hydrogen) atoms. The Labute approximate surface area is 170 Å². The van der Waals surface area contributed by atoms with Crippen LogP contribution in [0.25, 0.3) is 0 Å². The van der Waals surface area contributed by atoms with Crippen molar-refractivity contribution in [3.63, 3.8) is 0 Å². The van der Waals surface area contributed by atoms with Gasteiger partial charge in [0, 0.05) is 13.1 Å². The lowest BCUT2D eigenvalue weighted by atomic mass is 10.1. The van der Waals surface area contributed by atoms with Gasteiger partial charge < -0.3 is 10.6 Å². The third-order valence-electron chi connectivity index (χ3n) is 4.20. The Hall–Kier alpha value is -2.86. The molecule has 1 amide bonds. The summed E-state index contributed by atoms with van der Waals surface area (Å²) in [6.07, 6.45) is 0. The van der Waals surface area contributed by atoms with Gasteiger partial charge in [0.25, 0.3) is 0 Å². The summed E-state index contributed by atoms with van der Waals surface area (Å²) < 4.78 is 0. The van der Waals surface area contributed by atoms with E-state index in [1.165, 1.54) is 28.5 Å². The van der Waals surface area contributed by atoms with Gasteiger partial charge in [-0.05, 0) is 37.1 Å². The Morgan fingerprint density at radius 2 is 1.43 bits per heavy atom. The summed E-state index contributed by atoms with van der Waals surface area (Å²) in [7, 11) is 0. The molecule has 144 valence electrons. The van der Waals surface area contributed by atoms with Gasteiger partial charge in [0.2, 0.25) is 5.91 Å². The van der Waals surface area contributed by atoms with Crippen LogP contribution in [0.15, 0.2) is 65.7 Å². The monoisotopic (exact) mass is 392 g/mol. The van der Waals surface area contributed by atoms with Crippen molar-refractivity contribution in [2.45, 2.75) is 32.0 Å². The van der Waals surface area contributed by atoms with Gasteiger partial charge in [-0.15, -0.1) is 10.2 Å². The number of aryl methyl sites for hydroxylation is 2. The first-order valence-electron chi connectivity index (χ1n) is 9.17. The number of benzene rings is 2. The maximum absolute atomic E-state index is 12.0. The fourth-order valence-electron chi connectivity index (χ4n) is 2.49. The van der Waals surface area contributed by atoms with Crippen molar-refractivity contribution in [2.24, 2.45) is 0 Å². The molecule has 0 saturated heterocycles. The van der Waals surface area contributed by atoms with E-state index in [0.29, 0.717) is 24.7 Å². The summed E-state index contributed by atoms with van der Waals surface area (Å²) in [5.74, 6) is 1.01. The highest BCUT2D eigenvalue weighted by Crippen LogP contribution is 2.15. The van der Waals surface area contributed by atoms with E-state index in [4.69, 9.17) is 0 Å². The first kappa shape index (κ1) is 19.9. The van der Waals surface area contributed by atoms with E-state index < -0.39 is 0 Å². The van der Waals surface area contributed by atoms with Gasteiger partial charge in [0.05, 0.1) is 5.75 Å². The molecule has 0 spiro atoms. The zero-order valence-electron chi connectivity index (χ0n) is 16.1. The maximum Gasteiger partial charge on any atom is 0.230 e. The molecule has 0 saturated carbocycles. The van der Waals surface area contributed by atoms with Crippen LogP contribution >= 0.6 is 11.8 Å². The van der Waals surface area contributed by atoms with Gasteiger partial charge in [0.1, 0.15) is 10.8 Å². The summed E-state index contributed by atoms with van der Waals surface area (Å²) >= 11 is 1.38. The zero-order valence-corrected chi connectivity index (χ0v) is 16.9. The molecular formula is C22H24N4OS. The topological polar surface area (TPSA) is 66.9 Å². The normalized spacial score (nSPS) is 10.5. The van der Waals surface area contributed by atoms with Gasteiger partial charge in [-0.2, -0.15) is 0 Å². The van der Waals surface area contributed by atoms with Gasteiger partial charge >= 0.3 is 0 Å². The molecular weight excluding hydrogens is 368 g/mol. The number of nitrogens with zero attached hydrogens (tertiary/aromatic N) is 2. The molecule has 2 aromatic carbocycles. The lowest BCUT2D eigenvalue weighted by Gasteiger charge is -2.07. The van der Waals surface area contributed by atoms with Crippen molar-refractivity contribution in [3.8, 4) is 0 Å². The number of hydrogen-bond donors (Lipinski definition) is 2. The number of nitrogens with one attached hydrogen (secondary N) is 2. The molecule has 1 heterocycles. The highest BCUT2D eigenvalue weighted by molar-refractivity contribution is 7.99. The molecule has 0 bridgehead atoms. The van der Waals surface area contributed by atoms with Gasteiger partial charge in [-0.3, -0.25) is 4.79 Å². The van der Waals surface area contributed by atoms with Crippen LogP contribution in [0.4, 0.5) is 5.82 Å². The molecule has 3 rings (SSSR count). The number of thioether (sulfide) groups is 1. The average molecular weight is 393 g/mol. The average Bonchev–Trinajstić information content (AvgIpc) is 2.72. The van der Waals surface area contributed by atoms with E-state index in [1.807, 2.05) is 43.3 Å². The van der Waals surface area contributed by atoms with Gasteiger partial charge in [-0.1, -0.05) is 71.4 Å². The summed E-state index contributed by atoms with van der Waals surface area (Å²) in [5.41, 5.74) is 4.73. The van der Waals surface area contributed by atoms with Crippen molar-refractivity contribution in [2.75, 3.05) is 11.1 Å². The second-order valence-electron chi connectivity index (χ2n) is 6.65. The van der Waals surface area contributed by atoms with E-state index in [2.05, 4.69) is 52.0 Å². The van der Waals surface area contributed by atoms with Crippen LogP contribution in [0.2, 0.25) is 0 Å². The Kier molecular flexibility index (Phi) is 7.03. The minimum Gasteiger partial charge on any atom is -0.365 e. The van der Waals surface area contributed by atoms with Crippen molar-refractivity contribution < 1.29 is 4.79 Å². The molecule has 0 fully saturated rings. The zero-order chi connectivity index (χ0) is 19.8. The Morgan fingerprint density at radius 1 is 0.821 bits per heavy atom. The van der Waals surface area contributed by atoms with E-state index in [1.54, 1.807) is 0 Å². The van der Waals surface area contributed by atoms with Crippen LogP contribution in [0.5, 0.6) is 0 Å². The fourth-order valence-corrected chi connectivity index (χ4v) is 3.13. The second kappa shape index (κ2) is 9.90. The SMILES string of the molecule is Cc1ccc(CNC(=O)CSc2ccc(NCc3ccc(C)cc3)nn2)cc1. The van der Waals surface area contributed by atoms with E-state index in [-0.39, 0.29) is 5.91 Å². The second-order valence-corrected chi connectivity index (χ2v) is 7.64. The number of aromatic nitrogens is 2. The minimum atomic E-state index is -0.0195. The largest absolute Gasteiger partial charge is 0.365 e. The molecule has 0 radical (unpaired) electrons. The summed E-state index contributed by atoms with van der Waals surface area (Å²) in [6, 6.07) is 20.3. The molecule has 5 nitrogen and oxygen atoms in total. The number of carbonyl (C=O) groups is 1. The highest BCUT2D eigenvalue weighted by Gasteiger charge is 2.05. The van der Waals surface area contributed by atoms with Crippen LogP contribution in [0.3, 0.4) is 0 Å². The van der Waals surface area contributed by atoms with E-state index in [0.717, 1.165) is 10.6 Å². The third-order valence-corrected chi connectivity index (χ3v) is 5.12. The number of rotatable bonds is 8. The van der Waals surface area contributed by atoms with Gasteiger partial charge in [-0.25, -0.2) is 0 Å². The van der Waals surface area contributed by atoms with Crippen LogP contribution < -0.4 is 10.6 Å². The van der Waals surface area contributed by atoms with Crippen LogP contribution in [-0.2, 0) is 17.9 Å². The lowest BCUT2D eigenvalue weighted by molar-refractivity contribution is -0.118. The van der Waals surface area contributed by atoms with E-state index >= 15 is 0 Å². The van der Waals surface area contributed by atoms with Crippen molar-refractivity contribution in [1.29, 1.82) is 0 Å². The predicted molar refractivity (Wildman–Crippen MR) is 114 cm³/mol. The number of amides is 1. The lowest BCUT2D eigenvalue weighted by Crippen LogP contribution is -2.24. The molecule has 0 atom stereocenters. The van der Waals surface area contributed by atoms with E-state index in [9.17, 15) is 4.79 Å².